The molecule has 160 valence electrons. The van der Waals surface area contributed by atoms with E-state index in [0.29, 0.717) is 29.1 Å². The Bertz CT molecular complexity index is 1000. The average molecular weight is 439 g/mol. The van der Waals surface area contributed by atoms with Gasteiger partial charge in [0.1, 0.15) is 0 Å². The Hall–Kier alpha value is -1.58. The highest BCUT2D eigenvalue weighted by Gasteiger charge is 2.30. The smallest absolute Gasteiger partial charge is 0.238 e. The topological polar surface area (TPSA) is 107 Å². The van der Waals surface area contributed by atoms with Gasteiger partial charge in [0.15, 0.2) is 5.16 Å². The van der Waals surface area contributed by atoms with Gasteiger partial charge in [0.25, 0.3) is 0 Å². The molecule has 1 aliphatic rings. The van der Waals surface area contributed by atoms with Crippen LogP contribution in [0.1, 0.15) is 47.0 Å². The maximum atomic E-state index is 12.8. The number of nitrogens with two attached hydrogens (primary N) is 1. The van der Waals surface area contributed by atoms with E-state index in [9.17, 15) is 13.2 Å². The van der Waals surface area contributed by atoms with Crippen LogP contribution in [0.2, 0.25) is 0 Å². The van der Waals surface area contributed by atoms with E-state index in [0.717, 1.165) is 18.4 Å². The number of aryl methyl sites for hydroxylation is 1. The molecule has 0 spiro atoms. The van der Waals surface area contributed by atoms with Gasteiger partial charge in [-0.05, 0) is 50.3 Å². The van der Waals surface area contributed by atoms with Crippen molar-refractivity contribution < 1.29 is 13.2 Å². The Kier molecular flexibility index (Phi) is 6.60. The standard InChI is InChI=1S/C20H30N4O3S2/c1-5-24-18-10-9-15(29(21,26)27)11-17(18)23-20(24)28-14(4)19(25)22-16-8-6-7-12(2)13(16)3/h9-14,16H,5-8H2,1-4H3,(H,22,25)(H2,21,26,27)/t12-,13+,14+,16-/m1/s1. The number of nitrogens with one attached hydrogen (secondary N) is 1. The third-order valence-corrected chi connectivity index (χ3v) is 8.02. The molecule has 29 heavy (non-hydrogen) atoms. The van der Waals surface area contributed by atoms with Gasteiger partial charge in [-0.1, -0.05) is 38.5 Å². The summed E-state index contributed by atoms with van der Waals surface area (Å²) in [7, 11) is -3.79. The normalized spacial score (nSPS) is 23.8. The second kappa shape index (κ2) is 8.65. The summed E-state index contributed by atoms with van der Waals surface area (Å²) in [6.45, 7) is 9.01. The molecule has 1 saturated carbocycles. The first kappa shape index (κ1) is 22.1. The number of fused-ring (bicyclic) bond motifs is 1. The van der Waals surface area contributed by atoms with Crippen LogP contribution < -0.4 is 10.5 Å². The summed E-state index contributed by atoms with van der Waals surface area (Å²) >= 11 is 1.39. The van der Waals surface area contributed by atoms with Gasteiger partial charge in [0.2, 0.25) is 15.9 Å². The van der Waals surface area contributed by atoms with E-state index in [1.807, 2.05) is 18.4 Å². The lowest BCUT2D eigenvalue weighted by Crippen LogP contribution is -2.46. The molecule has 1 amide bonds. The van der Waals surface area contributed by atoms with Crippen LogP contribution in [0.15, 0.2) is 28.3 Å². The number of carbonyl (C=O) groups excluding carboxylic acids is 1. The summed E-state index contributed by atoms with van der Waals surface area (Å²) in [4.78, 5) is 17.4. The van der Waals surface area contributed by atoms with E-state index >= 15 is 0 Å². The third kappa shape index (κ3) is 4.78. The Morgan fingerprint density at radius 1 is 1.38 bits per heavy atom. The van der Waals surface area contributed by atoms with Gasteiger partial charge >= 0.3 is 0 Å². The first-order valence-corrected chi connectivity index (χ1v) is 12.5. The Morgan fingerprint density at radius 2 is 2.10 bits per heavy atom. The summed E-state index contributed by atoms with van der Waals surface area (Å²) in [5.74, 6) is 1.11. The highest BCUT2D eigenvalue weighted by molar-refractivity contribution is 8.00. The third-order valence-electron chi connectivity index (χ3n) is 6.02. The molecular weight excluding hydrogens is 408 g/mol. The molecule has 0 bridgehead atoms. The van der Waals surface area contributed by atoms with Gasteiger partial charge in [-0.15, -0.1) is 0 Å². The minimum atomic E-state index is -3.79. The number of hydrogen-bond donors (Lipinski definition) is 2. The zero-order valence-corrected chi connectivity index (χ0v) is 19.0. The van der Waals surface area contributed by atoms with Gasteiger partial charge in [-0.2, -0.15) is 0 Å². The van der Waals surface area contributed by atoms with Crippen LogP contribution in [0.25, 0.3) is 11.0 Å². The molecule has 3 N–H and O–H groups in total. The molecule has 3 rings (SSSR count). The Labute approximate surface area is 176 Å². The number of benzene rings is 1. The van der Waals surface area contributed by atoms with Gasteiger partial charge in [0.05, 0.1) is 21.2 Å². The molecule has 0 saturated heterocycles. The minimum absolute atomic E-state index is 0.0147. The van der Waals surface area contributed by atoms with Crippen molar-refractivity contribution in [1.82, 2.24) is 14.9 Å². The fourth-order valence-electron chi connectivity index (χ4n) is 3.96. The molecule has 9 heteroatoms. The molecule has 1 aliphatic carbocycles. The van der Waals surface area contributed by atoms with Crippen LogP contribution >= 0.6 is 11.8 Å². The monoisotopic (exact) mass is 438 g/mol. The fraction of sp³-hybridized carbons (Fsp3) is 0.600. The van der Waals surface area contributed by atoms with Crippen molar-refractivity contribution in [2.24, 2.45) is 17.0 Å². The molecule has 1 aromatic carbocycles. The van der Waals surface area contributed by atoms with E-state index in [1.165, 1.54) is 30.3 Å². The number of hydrogen-bond acceptors (Lipinski definition) is 5. The van der Waals surface area contributed by atoms with Crippen molar-refractivity contribution in [3.63, 3.8) is 0 Å². The lowest BCUT2D eigenvalue weighted by atomic mass is 9.78. The quantitative estimate of drug-likeness (QED) is 0.674. The zero-order chi connectivity index (χ0) is 21.3. The molecular formula is C20H30N4O3S2. The molecule has 7 nitrogen and oxygen atoms in total. The number of sulfonamides is 1. The van der Waals surface area contributed by atoms with Crippen molar-refractivity contribution in [2.75, 3.05) is 0 Å². The fourth-order valence-corrected chi connectivity index (χ4v) is 5.49. The van der Waals surface area contributed by atoms with Crippen molar-refractivity contribution in [3.8, 4) is 0 Å². The van der Waals surface area contributed by atoms with Gasteiger partial charge < -0.3 is 9.88 Å². The predicted molar refractivity (Wildman–Crippen MR) is 116 cm³/mol. The number of aromatic nitrogens is 2. The van der Waals surface area contributed by atoms with E-state index in [4.69, 9.17) is 5.14 Å². The molecule has 0 radical (unpaired) electrons. The number of primary sulfonamides is 1. The van der Waals surface area contributed by atoms with Crippen LogP contribution in [0, 0.1) is 11.8 Å². The highest BCUT2D eigenvalue weighted by atomic mass is 32.2. The molecule has 4 atom stereocenters. The van der Waals surface area contributed by atoms with Crippen LogP contribution in [-0.2, 0) is 21.4 Å². The Morgan fingerprint density at radius 3 is 2.76 bits per heavy atom. The number of nitrogens with zero attached hydrogens (tertiary/aromatic N) is 2. The highest BCUT2D eigenvalue weighted by Crippen LogP contribution is 2.31. The van der Waals surface area contributed by atoms with Crippen LogP contribution in [0.3, 0.4) is 0 Å². The summed E-state index contributed by atoms with van der Waals surface area (Å²) in [6.07, 6.45) is 3.40. The van der Waals surface area contributed by atoms with Gasteiger partial charge in [-0.3, -0.25) is 4.79 Å². The van der Waals surface area contributed by atoms with Crippen molar-refractivity contribution >= 4 is 38.7 Å². The van der Waals surface area contributed by atoms with Crippen LogP contribution in [0.4, 0.5) is 0 Å². The predicted octanol–water partition coefficient (Wildman–Crippen LogP) is 3.13. The lowest BCUT2D eigenvalue weighted by Gasteiger charge is -2.35. The second-order valence-corrected chi connectivity index (χ2v) is 10.8. The lowest BCUT2D eigenvalue weighted by molar-refractivity contribution is -0.121. The van der Waals surface area contributed by atoms with E-state index in [-0.39, 0.29) is 22.1 Å². The molecule has 0 unspecified atom stereocenters. The molecule has 0 aliphatic heterocycles. The molecule has 1 aromatic heterocycles. The minimum Gasteiger partial charge on any atom is -0.352 e. The number of imidazole rings is 1. The van der Waals surface area contributed by atoms with Crippen molar-refractivity contribution in [1.29, 1.82) is 0 Å². The van der Waals surface area contributed by atoms with Gasteiger partial charge in [0, 0.05) is 12.6 Å². The molecule has 1 heterocycles. The summed E-state index contributed by atoms with van der Waals surface area (Å²) in [5.41, 5.74) is 1.38. The van der Waals surface area contributed by atoms with E-state index in [2.05, 4.69) is 24.1 Å². The summed E-state index contributed by atoms with van der Waals surface area (Å²) < 4.78 is 25.2. The maximum Gasteiger partial charge on any atom is 0.238 e. The first-order valence-electron chi connectivity index (χ1n) is 10.1. The SMILES string of the molecule is CCn1c(S[C@@H](C)C(=O)N[C@@H]2CCC[C@@H](C)[C@@H]2C)nc2cc(S(N)(=O)=O)ccc21. The number of carbonyl (C=O) groups is 1. The largest absolute Gasteiger partial charge is 0.352 e. The zero-order valence-electron chi connectivity index (χ0n) is 17.4. The van der Waals surface area contributed by atoms with E-state index in [1.54, 1.807) is 6.07 Å². The number of rotatable bonds is 6. The number of thioether (sulfide) groups is 1. The maximum absolute atomic E-state index is 12.8. The molecule has 1 fully saturated rings. The van der Waals surface area contributed by atoms with Crippen LogP contribution in [-0.4, -0.2) is 35.2 Å². The number of amides is 1. The summed E-state index contributed by atoms with van der Waals surface area (Å²) in [6, 6.07) is 4.90. The van der Waals surface area contributed by atoms with Gasteiger partial charge in [-0.25, -0.2) is 18.5 Å². The van der Waals surface area contributed by atoms with Crippen molar-refractivity contribution in [3.05, 3.63) is 18.2 Å². The van der Waals surface area contributed by atoms with E-state index < -0.39 is 10.0 Å². The second-order valence-electron chi connectivity index (χ2n) is 7.98. The molecule has 2 aromatic rings. The Balaban J connectivity index is 1.78. The summed E-state index contributed by atoms with van der Waals surface area (Å²) in [5, 5.41) is 8.85. The average Bonchev–Trinajstić information content (AvgIpc) is 3.00. The first-order chi connectivity index (χ1) is 13.6. The van der Waals surface area contributed by atoms with Crippen LogP contribution in [0.5, 0.6) is 0 Å². The van der Waals surface area contributed by atoms with Crippen molar-refractivity contribution in [2.45, 2.75) is 74.8 Å².